The van der Waals surface area contributed by atoms with Crippen molar-refractivity contribution >= 4 is 33.7 Å². The van der Waals surface area contributed by atoms with Crippen LogP contribution in [-0.2, 0) is 6.42 Å². The number of hydrogen-bond acceptors (Lipinski definition) is 5. The minimum absolute atomic E-state index is 0.125. The topological polar surface area (TPSA) is 54.9 Å². The molecule has 1 N–H and O–H groups in total. The third kappa shape index (κ3) is 2.65. The molecule has 0 spiro atoms. The van der Waals surface area contributed by atoms with E-state index in [0.29, 0.717) is 10.7 Å². The Hall–Kier alpha value is -1.27. The van der Waals surface area contributed by atoms with E-state index in [4.69, 9.17) is 0 Å². The molecular formula is C10H11N3OS2. The molecule has 2 aromatic rings. The van der Waals surface area contributed by atoms with E-state index >= 15 is 0 Å². The summed E-state index contributed by atoms with van der Waals surface area (Å²) in [5, 5.41) is 15.9. The molecule has 0 atom stereocenters. The Morgan fingerprint density at radius 1 is 1.50 bits per heavy atom. The van der Waals surface area contributed by atoms with Gasteiger partial charge in [-0.05, 0) is 17.9 Å². The van der Waals surface area contributed by atoms with Gasteiger partial charge in [-0.2, -0.15) is 11.3 Å². The van der Waals surface area contributed by atoms with Crippen LogP contribution in [0, 0.1) is 0 Å². The lowest BCUT2D eigenvalue weighted by atomic mass is 10.3. The molecule has 0 fully saturated rings. The van der Waals surface area contributed by atoms with Gasteiger partial charge in [-0.25, -0.2) is 0 Å². The van der Waals surface area contributed by atoms with Crippen molar-refractivity contribution in [3.8, 4) is 0 Å². The number of aromatic nitrogens is 2. The molecule has 2 aromatic heterocycles. The maximum absolute atomic E-state index is 11.7. The molecule has 4 nitrogen and oxygen atoms in total. The molecule has 0 aromatic carbocycles. The van der Waals surface area contributed by atoms with Crippen molar-refractivity contribution < 1.29 is 4.79 Å². The maximum atomic E-state index is 11.7. The van der Waals surface area contributed by atoms with Gasteiger partial charge in [-0.1, -0.05) is 18.3 Å². The summed E-state index contributed by atoms with van der Waals surface area (Å²) in [4.78, 5) is 11.7. The predicted octanol–water partition coefficient (Wildman–Crippen LogP) is 2.80. The fourth-order valence-corrected chi connectivity index (χ4v) is 2.65. The molecule has 0 saturated heterocycles. The lowest BCUT2D eigenvalue weighted by Gasteiger charge is -1.96. The maximum Gasteiger partial charge on any atom is 0.258 e. The van der Waals surface area contributed by atoms with E-state index in [1.807, 2.05) is 10.8 Å². The highest BCUT2D eigenvalue weighted by Crippen LogP contribution is 2.17. The molecule has 0 aliphatic carbocycles. The lowest BCUT2D eigenvalue weighted by molar-refractivity contribution is 0.102. The number of rotatable bonds is 4. The van der Waals surface area contributed by atoms with Gasteiger partial charge in [0.05, 0.1) is 5.56 Å². The Kier molecular flexibility index (Phi) is 3.63. The monoisotopic (exact) mass is 253 g/mol. The summed E-state index contributed by atoms with van der Waals surface area (Å²) in [5.74, 6) is -0.125. The smallest absolute Gasteiger partial charge is 0.258 e. The number of nitrogens with zero attached hydrogens (tertiary/aromatic N) is 2. The van der Waals surface area contributed by atoms with Crippen molar-refractivity contribution in [1.82, 2.24) is 10.2 Å². The van der Waals surface area contributed by atoms with Crippen LogP contribution in [0.4, 0.5) is 5.13 Å². The molecule has 1 amide bonds. The zero-order valence-electron chi connectivity index (χ0n) is 8.77. The van der Waals surface area contributed by atoms with Crippen LogP contribution in [0.1, 0.15) is 28.7 Å². The van der Waals surface area contributed by atoms with Crippen LogP contribution in [0.25, 0.3) is 0 Å². The highest BCUT2D eigenvalue weighted by atomic mass is 32.1. The predicted molar refractivity (Wildman–Crippen MR) is 66.2 cm³/mol. The van der Waals surface area contributed by atoms with Gasteiger partial charge in [0.2, 0.25) is 5.13 Å². The molecule has 0 unspecified atom stereocenters. The summed E-state index contributed by atoms with van der Waals surface area (Å²) in [5.41, 5.74) is 0.664. The second kappa shape index (κ2) is 5.18. The molecule has 0 radical (unpaired) electrons. The first-order valence-electron chi connectivity index (χ1n) is 4.95. The van der Waals surface area contributed by atoms with E-state index in [9.17, 15) is 4.79 Å². The van der Waals surface area contributed by atoms with E-state index < -0.39 is 0 Å². The van der Waals surface area contributed by atoms with Gasteiger partial charge >= 0.3 is 0 Å². The molecule has 16 heavy (non-hydrogen) atoms. The van der Waals surface area contributed by atoms with Crippen LogP contribution in [-0.4, -0.2) is 16.1 Å². The van der Waals surface area contributed by atoms with Gasteiger partial charge in [-0.3, -0.25) is 10.1 Å². The summed E-state index contributed by atoms with van der Waals surface area (Å²) in [6, 6.07) is 1.79. The van der Waals surface area contributed by atoms with E-state index in [2.05, 4.69) is 22.4 Å². The van der Waals surface area contributed by atoms with Crippen LogP contribution >= 0.6 is 22.7 Å². The molecule has 0 aliphatic rings. The van der Waals surface area contributed by atoms with E-state index in [1.165, 1.54) is 22.7 Å². The van der Waals surface area contributed by atoms with Crippen molar-refractivity contribution in [3.63, 3.8) is 0 Å². The van der Waals surface area contributed by atoms with E-state index in [-0.39, 0.29) is 5.91 Å². The molecule has 0 saturated carbocycles. The number of amides is 1. The number of nitrogens with one attached hydrogen (secondary N) is 1. The summed E-state index contributed by atoms with van der Waals surface area (Å²) >= 11 is 2.93. The quantitative estimate of drug-likeness (QED) is 0.911. The van der Waals surface area contributed by atoms with Gasteiger partial charge in [0.15, 0.2) is 0 Å². The van der Waals surface area contributed by atoms with Gasteiger partial charge in [0.1, 0.15) is 5.01 Å². The van der Waals surface area contributed by atoms with E-state index in [0.717, 1.165) is 17.8 Å². The minimum atomic E-state index is -0.125. The van der Waals surface area contributed by atoms with Crippen molar-refractivity contribution in [2.24, 2.45) is 0 Å². The Bertz CT molecular complexity index is 464. The number of anilines is 1. The first-order chi connectivity index (χ1) is 7.79. The standard InChI is InChI=1S/C10H11N3OS2/c1-2-3-8-12-13-10(16-8)11-9(14)7-4-5-15-6-7/h4-6H,2-3H2,1H3,(H,11,13,14). The molecule has 2 rings (SSSR count). The minimum Gasteiger partial charge on any atom is -0.296 e. The fourth-order valence-electron chi connectivity index (χ4n) is 1.18. The number of carbonyl (C=O) groups excluding carboxylic acids is 1. The SMILES string of the molecule is CCCc1nnc(NC(=O)c2ccsc2)s1. The summed E-state index contributed by atoms with van der Waals surface area (Å²) in [7, 11) is 0. The summed E-state index contributed by atoms with van der Waals surface area (Å²) < 4.78 is 0. The van der Waals surface area contributed by atoms with Crippen LogP contribution in [0.2, 0.25) is 0 Å². The number of hydrogen-bond donors (Lipinski definition) is 1. The van der Waals surface area contributed by atoms with Crippen LogP contribution in [0.5, 0.6) is 0 Å². The van der Waals surface area contributed by atoms with Crippen molar-refractivity contribution in [3.05, 3.63) is 27.4 Å². The zero-order valence-corrected chi connectivity index (χ0v) is 10.4. The molecule has 0 aliphatic heterocycles. The number of aryl methyl sites for hydroxylation is 1. The van der Waals surface area contributed by atoms with Gasteiger partial charge in [-0.15, -0.1) is 10.2 Å². The molecule has 0 bridgehead atoms. The largest absolute Gasteiger partial charge is 0.296 e. The Morgan fingerprint density at radius 3 is 3.06 bits per heavy atom. The van der Waals surface area contributed by atoms with Crippen molar-refractivity contribution in [2.45, 2.75) is 19.8 Å². The first kappa shape index (κ1) is 11.2. The van der Waals surface area contributed by atoms with Crippen molar-refractivity contribution in [1.29, 1.82) is 0 Å². The van der Waals surface area contributed by atoms with Crippen LogP contribution < -0.4 is 5.32 Å². The normalized spacial score (nSPS) is 10.3. The van der Waals surface area contributed by atoms with Crippen molar-refractivity contribution in [2.75, 3.05) is 5.32 Å². The fraction of sp³-hybridized carbons (Fsp3) is 0.300. The summed E-state index contributed by atoms with van der Waals surface area (Å²) in [6.07, 6.45) is 1.94. The molecular weight excluding hydrogens is 242 g/mol. The van der Waals surface area contributed by atoms with Gasteiger partial charge in [0.25, 0.3) is 5.91 Å². The van der Waals surface area contributed by atoms with Crippen LogP contribution in [0.15, 0.2) is 16.8 Å². The molecule has 84 valence electrons. The number of carbonyl (C=O) groups is 1. The molecule has 2 heterocycles. The third-order valence-corrected chi connectivity index (χ3v) is 3.52. The Labute approximate surface area is 101 Å². The van der Waals surface area contributed by atoms with E-state index in [1.54, 1.807) is 6.07 Å². The van der Waals surface area contributed by atoms with Crippen LogP contribution in [0.3, 0.4) is 0 Å². The Balaban J connectivity index is 2.01. The van der Waals surface area contributed by atoms with Gasteiger partial charge in [0, 0.05) is 11.8 Å². The average Bonchev–Trinajstić information content (AvgIpc) is 2.89. The zero-order chi connectivity index (χ0) is 11.4. The van der Waals surface area contributed by atoms with Gasteiger partial charge < -0.3 is 0 Å². The molecule has 6 heteroatoms. The third-order valence-electron chi connectivity index (χ3n) is 1.93. The highest BCUT2D eigenvalue weighted by Gasteiger charge is 2.09. The lowest BCUT2D eigenvalue weighted by Crippen LogP contribution is -2.10. The second-order valence-corrected chi connectivity index (χ2v) is 5.06. The Morgan fingerprint density at radius 2 is 2.38 bits per heavy atom. The first-order valence-corrected chi connectivity index (χ1v) is 6.71. The second-order valence-electron chi connectivity index (χ2n) is 3.22. The highest BCUT2D eigenvalue weighted by molar-refractivity contribution is 7.15. The number of thiophene rings is 1. The average molecular weight is 253 g/mol. The summed E-state index contributed by atoms with van der Waals surface area (Å²) in [6.45, 7) is 2.09.